The number of ether oxygens (including phenoxy) is 1. The summed E-state index contributed by atoms with van der Waals surface area (Å²) in [5.41, 5.74) is 3.19. The third-order valence-corrected chi connectivity index (χ3v) is 9.36. The SMILES string of the molecule is C=CC1CCC(C2CCC(c3ccc(-c4ccc(-c5ccc(OCCCC)c(F)c5F)cc4)cc3F)CC2)CC1. The summed E-state index contributed by atoms with van der Waals surface area (Å²) in [6, 6.07) is 15.7. The van der Waals surface area contributed by atoms with Gasteiger partial charge in [-0.15, -0.1) is 6.58 Å². The summed E-state index contributed by atoms with van der Waals surface area (Å²) < 4.78 is 50.1. The fourth-order valence-electron chi connectivity index (χ4n) is 6.83. The Morgan fingerprint density at radius 2 is 1.38 bits per heavy atom. The van der Waals surface area contributed by atoms with Gasteiger partial charge < -0.3 is 4.74 Å². The van der Waals surface area contributed by atoms with E-state index in [1.54, 1.807) is 24.3 Å². The number of benzene rings is 3. The zero-order chi connectivity index (χ0) is 28.1. The molecule has 0 aliphatic heterocycles. The van der Waals surface area contributed by atoms with E-state index in [-0.39, 0.29) is 23.0 Å². The number of hydrogen-bond acceptors (Lipinski definition) is 1. The van der Waals surface area contributed by atoms with E-state index in [4.69, 9.17) is 4.74 Å². The van der Waals surface area contributed by atoms with Crippen LogP contribution < -0.4 is 4.74 Å². The van der Waals surface area contributed by atoms with E-state index in [2.05, 4.69) is 12.7 Å². The molecule has 0 spiro atoms. The van der Waals surface area contributed by atoms with Gasteiger partial charge in [0.25, 0.3) is 0 Å². The molecule has 0 amide bonds. The molecule has 5 rings (SSSR count). The van der Waals surface area contributed by atoms with Gasteiger partial charge in [0.2, 0.25) is 5.82 Å². The summed E-state index contributed by atoms with van der Waals surface area (Å²) in [4.78, 5) is 0. The highest BCUT2D eigenvalue weighted by molar-refractivity contribution is 5.71. The molecule has 2 aliphatic carbocycles. The van der Waals surface area contributed by atoms with Gasteiger partial charge in [0.1, 0.15) is 5.82 Å². The summed E-state index contributed by atoms with van der Waals surface area (Å²) >= 11 is 0. The topological polar surface area (TPSA) is 9.23 Å². The predicted octanol–water partition coefficient (Wildman–Crippen LogP) is 10.9. The molecular formula is C36H41F3O. The predicted molar refractivity (Wildman–Crippen MR) is 158 cm³/mol. The van der Waals surface area contributed by atoms with Crippen molar-refractivity contribution < 1.29 is 17.9 Å². The van der Waals surface area contributed by atoms with Gasteiger partial charge in [0.15, 0.2) is 11.6 Å². The van der Waals surface area contributed by atoms with Gasteiger partial charge in [0, 0.05) is 5.56 Å². The normalized spacial score (nSPS) is 23.1. The van der Waals surface area contributed by atoms with Gasteiger partial charge in [0.05, 0.1) is 6.61 Å². The molecular weight excluding hydrogens is 505 g/mol. The average Bonchev–Trinajstić information content (AvgIpc) is 3.00. The first kappa shape index (κ1) is 28.5. The van der Waals surface area contributed by atoms with Crippen LogP contribution in [0.2, 0.25) is 0 Å². The molecule has 1 nitrogen and oxygen atoms in total. The Balaban J connectivity index is 1.22. The van der Waals surface area contributed by atoms with Crippen molar-refractivity contribution in [3.63, 3.8) is 0 Å². The Morgan fingerprint density at radius 1 is 0.750 bits per heavy atom. The molecule has 0 radical (unpaired) electrons. The highest BCUT2D eigenvalue weighted by Crippen LogP contribution is 2.44. The molecule has 40 heavy (non-hydrogen) atoms. The molecule has 2 aliphatic rings. The number of halogens is 3. The standard InChI is InChI=1S/C36H41F3O/c1-3-5-22-40-34-21-20-32(35(38)36(34)39)29-16-12-27(13-17-29)30-18-19-31(33(37)23-30)28-14-10-26(11-15-28)25-8-6-24(4-2)7-9-25/h4,12-13,16-21,23-26,28H,2-3,5-11,14-15,22H2,1H3. The van der Waals surface area contributed by atoms with Gasteiger partial charge in [-0.25, -0.2) is 8.78 Å². The Bertz CT molecular complexity index is 1280. The van der Waals surface area contributed by atoms with Gasteiger partial charge >= 0.3 is 0 Å². The van der Waals surface area contributed by atoms with Crippen molar-refractivity contribution in [2.75, 3.05) is 6.61 Å². The molecule has 3 aromatic rings. The number of allylic oxidation sites excluding steroid dienone is 1. The lowest BCUT2D eigenvalue weighted by atomic mass is 9.68. The molecule has 0 atom stereocenters. The summed E-state index contributed by atoms with van der Waals surface area (Å²) in [5.74, 6) is 0.488. The molecule has 0 bridgehead atoms. The van der Waals surface area contributed by atoms with E-state index in [1.165, 1.54) is 44.6 Å². The molecule has 2 saturated carbocycles. The lowest BCUT2D eigenvalue weighted by Crippen LogP contribution is -2.25. The summed E-state index contributed by atoms with van der Waals surface area (Å²) in [5, 5.41) is 0. The maximum atomic E-state index is 15.3. The van der Waals surface area contributed by atoms with Crippen molar-refractivity contribution in [3.8, 4) is 28.0 Å². The third-order valence-electron chi connectivity index (χ3n) is 9.36. The molecule has 4 heteroatoms. The van der Waals surface area contributed by atoms with Crippen LogP contribution in [0.15, 0.2) is 67.3 Å². The minimum Gasteiger partial charge on any atom is -0.490 e. The van der Waals surface area contributed by atoms with Crippen LogP contribution in [0.4, 0.5) is 13.2 Å². The second kappa shape index (κ2) is 13.1. The van der Waals surface area contributed by atoms with Crippen molar-refractivity contribution in [2.45, 2.75) is 77.0 Å². The van der Waals surface area contributed by atoms with Crippen molar-refractivity contribution in [3.05, 3.63) is 90.3 Å². The Labute approximate surface area is 237 Å². The fourth-order valence-corrected chi connectivity index (χ4v) is 6.83. The highest BCUT2D eigenvalue weighted by Gasteiger charge is 2.31. The van der Waals surface area contributed by atoms with E-state index in [0.29, 0.717) is 18.1 Å². The molecule has 0 N–H and O–H groups in total. The third kappa shape index (κ3) is 6.32. The maximum absolute atomic E-state index is 15.3. The number of rotatable bonds is 9. The van der Waals surface area contributed by atoms with Crippen LogP contribution in [-0.2, 0) is 0 Å². The lowest BCUT2D eigenvalue weighted by Gasteiger charge is -2.37. The smallest absolute Gasteiger partial charge is 0.201 e. The van der Waals surface area contributed by atoms with Crippen molar-refractivity contribution in [2.24, 2.45) is 17.8 Å². The quantitative estimate of drug-likeness (QED) is 0.192. The first-order valence-electron chi connectivity index (χ1n) is 15.1. The Morgan fingerprint density at radius 3 is 2.00 bits per heavy atom. The largest absolute Gasteiger partial charge is 0.490 e. The van der Waals surface area contributed by atoms with Crippen LogP contribution in [0.25, 0.3) is 22.3 Å². The van der Waals surface area contributed by atoms with Crippen LogP contribution >= 0.6 is 0 Å². The van der Waals surface area contributed by atoms with Crippen LogP contribution in [-0.4, -0.2) is 6.61 Å². The summed E-state index contributed by atoms with van der Waals surface area (Å²) in [7, 11) is 0. The zero-order valence-corrected chi connectivity index (χ0v) is 23.6. The average molecular weight is 547 g/mol. The molecule has 0 unspecified atom stereocenters. The van der Waals surface area contributed by atoms with Gasteiger partial charge in [-0.2, -0.15) is 4.39 Å². The van der Waals surface area contributed by atoms with E-state index < -0.39 is 11.6 Å². The van der Waals surface area contributed by atoms with Crippen LogP contribution in [0, 0.1) is 35.2 Å². The molecule has 0 heterocycles. The minimum absolute atomic E-state index is 0.0639. The second-order valence-corrected chi connectivity index (χ2v) is 11.8. The van der Waals surface area contributed by atoms with E-state index in [0.717, 1.165) is 54.2 Å². The molecule has 3 aromatic carbocycles. The Hall–Kier alpha value is -3.01. The molecule has 212 valence electrons. The Kier molecular flexibility index (Phi) is 9.34. The van der Waals surface area contributed by atoms with Crippen molar-refractivity contribution in [1.29, 1.82) is 0 Å². The van der Waals surface area contributed by atoms with Gasteiger partial charge in [-0.1, -0.05) is 55.8 Å². The molecule has 0 aromatic heterocycles. The van der Waals surface area contributed by atoms with Crippen LogP contribution in [0.1, 0.15) is 82.6 Å². The second-order valence-electron chi connectivity index (χ2n) is 11.8. The maximum Gasteiger partial charge on any atom is 0.201 e. The zero-order valence-electron chi connectivity index (χ0n) is 23.6. The van der Waals surface area contributed by atoms with Crippen molar-refractivity contribution in [1.82, 2.24) is 0 Å². The monoisotopic (exact) mass is 546 g/mol. The van der Waals surface area contributed by atoms with Gasteiger partial charge in [-0.05, 0) is 122 Å². The van der Waals surface area contributed by atoms with E-state index in [1.807, 2.05) is 31.2 Å². The first-order valence-corrected chi connectivity index (χ1v) is 15.1. The number of unbranched alkanes of at least 4 members (excludes halogenated alkanes) is 1. The highest BCUT2D eigenvalue weighted by atomic mass is 19.2. The fraction of sp³-hybridized carbons (Fsp3) is 0.444. The molecule has 2 fully saturated rings. The summed E-state index contributed by atoms with van der Waals surface area (Å²) in [6.45, 7) is 6.34. The van der Waals surface area contributed by atoms with E-state index >= 15 is 4.39 Å². The van der Waals surface area contributed by atoms with Crippen LogP contribution in [0.3, 0.4) is 0 Å². The first-order chi connectivity index (χ1) is 19.5. The van der Waals surface area contributed by atoms with Crippen molar-refractivity contribution >= 4 is 0 Å². The lowest BCUT2D eigenvalue weighted by molar-refractivity contribution is 0.171. The van der Waals surface area contributed by atoms with E-state index in [9.17, 15) is 8.78 Å². The molecule has 0 saturated heterocycles. The minimum atomic E-state index is -0.968. The summed E-state index contributed by atoms with van der Waals surface area (Å²) in [6.07, 6.45) is 13.5. The van der Waals surface area contributed by atoms with Crippen LogP contribution in [0.5, 0.6) is 5.75 Å². The van der Waals surface area contributed by atoms with Gasteiger partial charge in [-0.3, -0.25) is 0 Å². The number of hydrogen-bond donors (Lipinski definition) is 0.